The molecule has 3 N–H and O–H groups in total. The molecule has 0 aliphatic rings. The summed E-state index contributed by atoms with van der Waals surface area (Å²) >= 11 is 0. The van der Waals surface area contributed by atoms with Crippen molar-refractivity contribution in [3.8, 4) is 0 Å². The molecule has 0 atom stereocenters. The van der Waals surface area contributed by atoms with Gasteiger partial charge < -0.3 is 20.5 Å². The van der Waals surface area contributed by atoms with Crippen molar-refractivity contribution in [3.63, 3.8) is 0 Å². The fraction of sp³-hybridized carbons (Fsp3) is 0.231. The fourth-order valence-electron chi connectivity index (χ4n) is 1.50. The molecule has 0 amide bonds. The Balaban J connectivity index is 3.24. The summed E-state index contributed by atoms with van der Waals surface area (Å²) in [4.78, 5) is 12.9. The smallest absolute Gasteiger partial charge is 0.341 e. The predicted octanol–water partition coefficient (Wildman–Crippen LogP) is 2.15. The van der Waals surface area contributed by atoms with Gasteiger partial charge in [-0.25, -0.2) is 4.79 Å². The van der Waals surface area contributed by atoms with E-state index in [0.717, 1.165) is 5.69 Å². The molecule has 0 aliphatic heterocycles. The Kier molecular flexibility index (Phi) is 4.09. The van der Waals surface area contributed by atoms with Crippen LogP contribution in [0.4, 0.5) is 5.69 Å². The van der Waals surface area contributed by atoms with E-state index >= 15 is 0 Å². The quantitative estimate of drug-likeness (QED) is 0.433. The molecule has 0 spiro atoms. The largest absolute Gasteiger partial charge is 0.506 e. The van der Waals surface area contributed by atoms with Crippen molar-refractivity contribution in [1.82, 2.24) is 0 Å². The number of aliphatic hydroxyl groups excluding tert-OH is 1. The summed E-state index contributed by atoms with van der Waals surface area (Å²) in [6.45, 7) is 1.33. The van der Waals surface area contributed by atoms with Crippen LogP contribution in [0.2, 0.25) is 0 Å². The average molecular weight is 248 g/mol. The van der Waals surface area contributed by atoms with Crippen LogP contribution in [0.15, 0.2) is 29.8 Å². The average Bonchev–Trinajstić information content (AvgIpc) is 2.28. The molecule has 0 aliphatic carbocycles. The van der Waals surface area contributed by atoms with Crippen LogP contribution in [0, 0.1) is 5.41 Å². The number of hydrogen-bond donors (Lipinski definition) is 3. The van der Waals surface area contributed by atoms with Gasteiger partial charge in [0.2, 0.25) is 0 Å². The van der Waals surface area contributed by atoms with Gasteiger partial charge in [0.25, 0.3) is 0 Å². The lowest BCUT2D eigenvalue weighted by molar-refractivity contribution is -0.132. The number of hydrogen-bond acceptors (Lipinski definition) is 4. The second-order valence-electron chi connectivity index (χ2n) is 4.10. The third-order valence-electron chi connectivity index (χ3n) is 2.48. The normalized spacial score (nSPS) is 11.7. The Labute approximate surface area is 105 Å². The molecule has 0 fully saturated rings. The number of carbonyl (C=O) groups is 1. The van der Waals surface area contributed by atoms with Crippen LogP contribution in [0.5, 0.6) is 0 Å². The van der Waals surface area contributed by atoms with Crippen molar-refractivity contribution in [3.05, 3.63) is 35.4 Å². The second kappa shape index (κ2) is 5.35. The zero-order valence-electron chi connectivity index (χ0n) is 10.6. The second-order valence-corrected chi connectivity index (χ2v) is 4.10. The van der Waals surface area contributed by atoms with Gasteiger partial charge in [-0.3, -0.25) is 0 Å². The lowest BCUT2D eigenvalue weighted by Crippen LogP contribution is -2.11. The first-order valence-electron chi connectivity index (χ1n) is 5.34. The van der Waals surface area contributed by atoms with E-state index in [-0.39, 0.29) is 17.0 Å². The van der Waals surface area contributed by atoms with E-state index in [9.17, 15) is 9.90 Å². The number of anilines is 1. The molecule has 0 saturated heterocycles. The van der Waals surface area contributed by atoms with Crippen molar-refractivity contribution in [2.75, 3.05) is 19.0 Å². The maximum atomic E-state index is 11.0. The van der Waals surface area contributed by atoms with Gasteiger partial charge in [0.15, 0.2) is 0 Å². The van der Waals surface area contributed by atoms with E-state index in [1.807, 2.05) is 19.0 Å². The number of aliphatic carboxylic acids is 1. The molecule has 5 nitrogen and oxygen atoms in total. The summed E-state index contributed by atoms with van der Waals surface area (Å²) in [6.07, 6.45) is 0. The summed E-state index contributed by atoms with van der Waals surface area (Å²) in [5, 5.41) is 26.2. The standard InChI is InChI=1S/C13H16N2O3/c1-8(14)11(13(17)18)12(16)9-4-6-10(7-5-9)15(2)3/h4-7,14,16H,1-3H3,(H,17,18)/b12-11+,14-8?. The summed E-state index contributed by atoms with van der Waals surface area (Å²) in [7, 11) is 3.77. The third kappa shape index (κ3) is 2.88. The van der Waals surface area contributed by atoms with Crippen molar-refractivity contribution in [1.29, 1.82) is 5.41 Å². The van der Waals surface area contributed by atoms with E-state index in [0.29, 0.717) is 5.56 Å². The molecule has 0 aromatic heterocycles. The number of nitrogens with one attached hydrogen (secondary N) is 1. The Morgan fingerprint density at radius 2 is 1.67 bits per heavy atom. The first-order valence-corrected chi connectivity index (χ1v) is 5.34. The molecule has 0 heterocycles. The Morgan fingerprint density at radius 3 is 2.00 bits per heavy atom. The van der Waals surface area contributed by atoms with Crippen LogP contribution >= 0.6 is 0 Å². The molecule has 0 unspecified atom stereocenters. The molecule has 0 bridgehead atoms. The summed E-state index contributed by atoms with van der Waals surface area (Å²) in [6, 6.07) is 6.78. The fourth-order valence-corrected chi connectivity index (χ4v) is 1.50. The molecule has 1 aromatic rings. The minimum atomic E-state index is -1.31. The van der Waals surface area contributed by atoms with Gasteiger partial charge in [-0.15, -0.1) is 0 Å². The number of carboxylic acids is 1. The van der Waals surface area contributed by atoms with Crippen LogP contribution in [0.25, 0.3) is 5.76 Å². The molecule has 0 saturated carbocycles. The molecular weight excluding hydrogens is 232 g/mol. The molecule has 1 aromatic carbocycles. The van der Waals surface area contributed by atoms with Gasteiger partial charge in [0.1, 0.15) is 11.3 Å². The molecule has 5 heteroatoms. The lowest BCUT2D eigenvalue weighted by atomic mass is 10.0. The SMILES string of the molecule is CC(=N)/C(C(=O)O)=C(\O)c1ccc(N(C)C)cc1. The summed E-state index contributed by atoms with van der Waals surface area (Å²) in [5.41, 5.74) is 0.754. The van der Waals surface area contributed by atoms with Crippen LogP contribution in [-0.4, -0.2) is 36.0 Å². The summed E-state index contributed by atoms with van der Waals surface area (Å²) < 4.78 is 0. The minimum absolute atomic E-state index is 0.184. The van der Waals surface area contributed by atoms with Gasteiger partial charge in [-0.2, -0.15) is 0 Å². The van der Waals surface area contributed by atoms with E-state index in [4.69, 9.17) is 10.5 Å². The van der Waals surface area contributed by atoms with Crippen molar-refractivity contribution >= 4 is 23.1 Å². The van der Waals surface area contributed by atoms with Crippen molar-refractivity contribution in [2.45, 2.75) is 6.92 Å². The van der Waals surface area contributed by atoms with E-state index < -0.39 is 5.97 Å². The molecule has 96 valence electrons. The first-order chi connectivity index (χ1) is 8.34. The number of benzene rings is 1. The highest BCUT2D eigenvalue weighted by atomic mass is 16.4. The Hall–Kier alpha value is -2.30. The topological polar surface area (TPSA) is 84.6 Å². The number of carboxylic acid groups (broad SMARTS) is 1. The lowest BCUT2D eigenvalue weighted by Gasteiger charge is -2.13. The Bertz CT molecular complexity index is 485. The number of nitrogens with zero attached hydrogens (tertiary/aromatic N) is 1. The minimum Gasteiger partial charge on any atom is -0.506 e. The van der Waals surface area contributed by atoms with Crippen LogP contribution in [-0.2, 0) is 4.79 Å². The van der Waals surface area contributed by atoms with Gasteiger partial charge in [0.05, 0.1) is 0 Å². The van der Waals surface area contributed by atoms with Gasteiger partial charge in [-0.05, 0) is 31.2 Å². The molecule has 18 heavy (non-hydrogen) atoms. The maximum absolute atomic E-state index is 11.0. The number of aliphatic hydroxyl groups is 1. The third-order valence-corrected chi connectivity index (χ3v) is 2.48. The number of rotatable bonds is 4. The molecular formula is C13H16N2O3. The summed E-state index contributed by atoms with van der Waals surface area (Å²) in [5.74, 6) is -1.70. The highest BCUT2D eigenvalue weighted by Gasteiger charge is 2.17. The van der Waals surface area contributed by atoms with Crippen molar-refractivity contribution < 1.29 is 15.0 Å². The predicted molar refractivity (Wildman–Crippen MR) is 71.4 cm³/mol. The van der Waals surface area contributed by atoms with Gasteiger partial charge in [0, 0.05) is 31.1 Å². The molecule has 1 rings (SSSR count). The zero-order chi connectivity index (χ0) is 13.9. The van der Waals surface area contributed by atoms with E-state index in [1.54, 1.807) is 24.3 Å². The zero-order valence-corrected chi connectivity index (χ0v) is 10.6. The highest BCUT2D eigenvalue weighted by molar-refractivity contribution is 6.21. The highest BCUT2D eigenvalue weighted by Crippen LogP contribution is 2.20. The van der Waals surface area contributed by atoms with E-state index in [2.05, 4.69) is 0 Å². The molecule has 0 radical (unpaired) electrons. The van der Waals surface area contributed by atoms with Gasteiger partial charge >= 0.3 is 5.97 Å². The monoisotopic (exact) mass is 248 g/mol. The van der Waals surface area contributed by atoms with E-state index in [1.165, 1.54) is 6.92 Å². The van der Waals surface area contributed by atoms with Crippen LogP contribution in [0.1, 0.15) is 12.5 Å². The van der Waals surface area contributed by atoms with Gasteiger partial charge in [-0.1, -0.05) is 0 Å². The van der Waals surface area contributed by atoms with Crippen LogP contribution < -0.4 is 4.90 Å². The Morgan fingerprint density at radius 1 is 1.17 bits per heavy atom. The maximum Gasteiger partial charge on any atom is 0.341 e. The van der Waals surface area contributed by atoms with Crippen molar-refractivity contribution in [2.24, 2.45) is 0 Å². The first kappa shape index (κ1) is 13.8. The van der Waals surface area contributed by atoms with Crippen LogP contribution in [0.3, 0.4) is 0 Å².